The van der Waals surface area contributed by atoms with E-state index in [0.29, 0.717) is 22.5 Å². The summed E-state index contributed by atoms with van der Waals surface area (Å²) >= 11 is 0. The highest BCUT2D eigenvalue weighted by molar-refractivity contribution is 6.36. The van der Waals surface area contributed by atoms with Gasteiger partial charge in [0.15, 0.2) is 0 Å². The van der Waals surface area contributed by atoms with E-state index in [2.05, 4.69) is 135 Å². The molecule has 0 saturated heterocycles. The molecule has 13 rings (SSSR count). The Labute approximate surface area is 343 Å². The van der Waals surface area contributed by atoms with E-state index in [-0.39, 0.29) is 0 Å². The van der Waals surface area contributed by atoms with Crippen molar-refractivity contribution in [1.29, 1.82) is 5.26 Å². The number of nitrogens with zero attached hydrogens (tertiary/aromatic N) is 5. The lowest BCUT2D eigenvalue weighted by molar-refractivity contribution is 1.13. The Hall–Kier alpha value is -8.51. The maximum absolute atomic E-state index is 11.7. The van der Waals surface area contributed by atoms with Gasteiger partial charge in [0.2, 0.25) is 5.69 Å². The summed E-state index contributed by atoms with van der Waals surface area (Å²) in [7, 11) is 0. The zero-order valence-electron chi connectivity index (χ0n) is 32.0. The van der Waals surface area contributed by atoms with E-state index in [1.807, 2.05) is 60.9 Å². The van der Waals surface area contributed by atoms with Crippen LogP contribution in [0.2, 0.25) is 0 Å². The Balaban J connectivity index is 1.33. The summed E-state index contributed by atoms with van der Waals surface area (Å²) in [6.45, 7) is 9.15. The number of fused-ring (bicyclic) bond motifs is 6. The molecule has 0 atom stereocenters. The predicted molar refractivity (Wildman–Crippen MR) is 247 cm³/mol. The van der Waals surface area contributed by atoms with Gasteiger partial charge in [-0.15, -0.1) is 0 Å². The standard InChI is InChI=1S/C55H29N5/c1-57-53-47(32-15-4-2-5-16-32)41(29-56)54(59-43-26-12-23-38-34-19-8-9-20-35(34)39-24-13-27-44(59)50(39)49(38)43)48(33-17-6-3-7-18-33)55(53)60-45-28-14-25-40-36-21-10-11-22-37(36)42-30-58-31-46(60)52(42)51(40)45/h2-28,30-31H. The normalized spacial score (nSPS) is 12.0. The van der Waals surface area contributed by atoms with Gasteiger partial charge >= 0.3 is 0 Å². The summed E-state index contributed by atoms with van der Waals surface area (Å²) < 4.78 is 4.58. The summed E-state index contributed by atoms with van der Waals surface area (Å²) in [5, 5.41) is 25.5. The number of rotatable bonds is 4. The molecule has 0 N–H and O–H groups in total. The molecule has 0 amide bonds. The summed E-state index contributed by atoms with van der Waals surface area (Å²) in [6.07, 6.45) is 3.92. The molecule has 0 aliphatic rings. The molecule has 0 saturated carbocycles. The second-order valence-corrected chi connectivity index (χ2v) is 15.6. The van der Waals surface area contributed by atoms with Gasteiger partial charge in [-0.05, 0) is 67.0 Å². The highest BCUT2D eigenvalue weighted by Gasteiger charge is 2.33. The second kappa shape index (κ2) is 12.0. The van der Waals surface area contributed by atoms with Gasteiger partial charge in [0.25, 0.3) is 0 Å². The number of aromatic nitrogens is 3. The number of hydrogen-bond acceptors (Lipinski definition) is 2. The largest absolute Gasteiger partial charge is 0.317 e. The van der Waals surface area contributed by atoms with Crippen LogP contribution in [0.4, 0.5) is 5.69 Å². The molecule has 10 aromatic carbocycles. The van der Waals surface area contributed by atoms with Gasteiger partial charge in [0, 0.05) is 44.3 Å². The van der Waals surface area contributed by atoms with Crippen LogP contribution < -0.4 is 0 Å². The van der Waals surface area contributed by atoms with E-state index in [1.165, 1.54) is 10.8 Å². The smallest absolute Gasteiger partial charge is 0.220 e. The summed E-state index contributed by atoms with van der Waals surface area (Å²) in [6, 6.07) is 59.7. The van der Waals surface area contributed by atoms with E-state index in [1.54, 1.807) is 0 Å². The van der Waals surface area contributed by atoms with E-state index < -0.39 is 0 Å². The van der Waals surface area contributed by atoms with Crippen molar-refractivity contribution in [2.45, 2.75) is 0 Å². The molecule has 5 nitrogen and oxygen atoms in total. The van der Waals surface area contributed by atoms with Crippen LogP contribution in [0.5, 0.6) is 0 Å². The molecule has 0 bridgehead atoms. The van der Waals surface area contributed by atoms with Crippen molar-refractivity contribution in [3.63, 3.8) is 0 Å². The van der Waals surface area contributed by atoms with Crippen molar-refractivity contribution >= 4 is 92.4 Å². The molecule has 0 spiro atoms. The van der Waals surface area contributed by atoms with Gasteiger partial charge in [-0.3, -0.25) is 4.98 Å². The van der Waals surface area contributed by atoms with Crippen LogP contribution >= 0.6 is 0 Å². The third-order valence-corrected chi connectivity index (χ3v) is 12.7. The van der Waals surface area contributed by atoms with Gasteiger partial charge < -0.3 is 9.13 Å². The fraction of sp³-hybridized carbons (Fsp3) is 0. The van der Waals surface area contributed by atoms with Crippen molar-refractivity contribution in [2.75, 3.05) is 0 Å². The van der Waals surface area contributed by atoms with Crippen molar-refractivity contribution in [3.05, 3.63) is 193 Å². The average Bonchev–Trinajstić information content (AvgIpc) is 3.84. The van der Waals surface area contributed by atoms with Gasteiger partial charge in [-0.1, -0.05) is 146 Å². The molecule has 274 valence electrons. The zero-order chi connectivity index (χ0) is 39.6. The summed E-state index contributed by atoms with van der Waals surface area (Å²) in [5.41, 5.74) is 9.29. The van der Waals surface area contributed by atoms with Crippen molar-refractivity contribution in [2.24, 2.45) is 0 Å². The first-order chi connectivity index (χ1) is 29.8. The molecule has 0 fully saturated rings. The summed E-state index contributed by atoms with van der Waals surface area (Å²) in [4.78, 5) is 9.38. The highest BCUT2D eigenvalue weighted by atomic mass is 15.0. The first-order valence-electron chi connectivity index (χ1n) is 20.1. The van der Waals surface area contributed by atoms with Gasteiger partial charge in [-0.25, -0.2) is 4.85 Å². The molecular weight excluding hydrogens is 731 g/mol. The lowest BCUT2D eigenvalue weighted by Crippen LogP contribution is -2.08. The Bertz CT molecular complexity index is 3610. The first kappa shape index (κ1) is 32.6. The van der Waals surface area contributed by atoms with Gasteiger partial charge in [-0.2, -0.15) is 5.26 Å². The maximum Gasteiger partial charge on any atom is 0.220 e. The Kier molecular flexibility index (Phi) is 6.52. The molecule has 5 heteroatoms. The number of hydrogen-bond donors (Lipinski definition) is 0. The third kappa shape index (κ3) is 4.05. The molecule has 0 aliphatic carbocycles. The Morgan fingerprint density at radius 2 is 0.833 bits per heavy atom. The molecule has 0 unspecified atom stereocenters. The predicted octanol–water partition coefficient (Wildman–Crippen LogP) is 14.5. The molecular formula is C55H29N5. The van der Waals surface area contributed by atoms with E-state index in [0.717, 1.165) is 98.3 Å². The highest BCUT2D eigenvalue weighted by Crippen LogP contribution is 2.54. The fourth-order valence-corrected chi connectivity index (χ4v) is 10.5. The Morgan fingerprint density at radius 3 is 1.32 bits per heavy atom. The molecule has 13 aromatic rings. The third-order valence-electron chi connectivity index (χ3n) is 12.7. The van der Waals surface area contributed by atoms with Crippen LogP contribution in [0.3, 0.4) is 0 Å². The van der Waals surface area contributed by atoms with Gasteiger partial charge in [0.1, 0.15) is 6.07 Å². The molecule has 0 aliphatic heterocycles. The van der Waals surface area contributed by atoms with E-state index in [4.69, 9.17) is 11.6 Å². The van der Waals surface area contributed by atoms with Crippen LogP contribution in [0.15, 0.2) is 176 Å². The quantitative estimate of drug-likeness (QED) is 0.133. The van der Waals surface area contributed by atoms with Crippen LogP contribution in [0, 0.1) is 17.9 Å². The SMILES string of the molecule is [C-]#[N+]c1c(-c2ccccc2)c(C#N)c(-n2c3cccc4c5ccccc5c5cccc2c5c43)c(-c2ccccc2)c1-n1c2cccc3c4ccccc4c4cncc1c4c32. The van der Waals surface area contributed by atoms with Gasteiger partial charge in [0.05, 0.1) is 51.8 Å². The van der Waals surface area contributed by atoms with Crippen molar-refractivity contribution < 1.29 is 0 Å². The number of benzene rings is 10. The lowest BCUT2D eigenvalue weighted by atomic mass is 9.88. The molecule has 60 heavy (non-hydrogen) atoms. The second-order valence-electron chi connectivity index (χ2n) is 15.6. The minimum absolute atomic E-state index is 0.408. The topological polar surface area (TPSA) is 50.9 Å². The molecule has 3 heterocycles. The van der Waals surface area contributed by atoms with Crippen LogP contribution in [-0.2, 0) is 0 Å². The minimum Gasteiger partial charge on any atom is -0.317 e. The Morgan fingerprint density at radius 1 is 0.417 bits per heavy atom. The van der Waals surface area contributed by atoms with E-state index >= 15 is 0 Å². The zero-order valence-corrected chi connectivity index (χ0v) is 32.0. The monoisotopic (exact) mass is 759 g/mol. The number of nitriles is 1. The average molecular weight is 760 g/mol. The lowest BCUT2D eigenvalue weighted by Gasteiger charge is -2.25. The van der Waals surface area contributed by atoms with Crippen molar-refractivity contribution in [3.8, 4) is 39.7 Å². The fourth-order valence-electron chi connectivity index (χ4n) is 10.5. The minimum atomic E-state index is 0.408. The molecule has 3 aromatic heterocycles. The summed E-state index contributed by atoms with van der Waals surface area (Å²) in [5.74, 6) is 0. The van der Waals surface area contributed by atoms with Crippen LogP contribution in [-0.4, -0.2) is 14.1 Å². The molecule has 0 radical (unpaired) electrons. The maximum atomic E-state index is 11.7. The number of pyridine rings is 1. The van der Waals surface area contributed by atoms with Crippen LogP contribution in [0.1, 0.15) is 5.56 Å². The van der Waals surface area contributed by atoms with Crippen LogP contribution in [0.25, 0.3) is 125 Å². The first-order valence-corrected chi connectivity index (χ1v) is 20.1. The van der Waals surface area contributed by atoms with E-state index in [9.17, 15) is 5.26 Å². The van der Waals surface area contributed by atoms with Crippen molar-refractivity contribution in [1.82, 2.24) is 14.1 Å².